The van der Waals surface area contributed by atoms with Crippen LogP contribution in [0.1, 0.15) is 11.1 Å². The van der Waals surface area contributed by atoms with E-state index in [1.54, 1.807) is 28.1 Å². The van der Waals surface area contributed by atoms with Crippen molar-refractivity contribution >= 4 is 51.9 Å². The summed E-state index contributed by atoms with van der Waals surface area (Å²) < 4.78 is 5.83. The number of nitrogens with zero attached hydrogens (tertiary/aromatic N) is 6. The minimum atomic E-state index is -0.472. The summed E-state index contributed by atoms with van der Waals surface area (Å²) in [6.07, 6.45) is 0. The van der Waals surface area contributed by atoms with Crippen LogP contribution in [0.4, 0.5) is 5.69 Å². The van der Waals surface area contributed by atoms with E-state index in [9.17, 15) is 14.4 Å². The molecule has 0 fully saturated rings. The number of rotatable bonds is 6. The smallest absolute Gasteiger partial charge is 0.325 e. The highest BCUT2D eigenvalue weighted by Crippen LogP contribution is 2.25. The van der Waals surface area contributed by atoms with E-state index in [4.69, 9.17) is 11.6 Å². The number of carbonyl (C=O) groups excluding carboxylic acids is 1. The molecular formula is C24H22ClN7O3S. The van der Waals surface area contributed by atoms with E-state index in [0.717, 1.165) is 15.7 Å². The number of amides is 1. The highest BCUT2D eigenvalue weighted by atomic mass is 35.5. The summed E-state index contributed by atoms with van der Waals surface area (Å²) in [4.78, 5) is 38.5. The number of hydrogen-bond donors (Lipinski definition) is 1. The first kappa shape index (κ1) is 23.9. The summed E-state index contributed by atoms with van der Waals surface area (Å²) in [6, 6.07) is 14.8. The molecule has 0 atom stereocenters. The van der Waals surface area contributed by atoms with Gasteiger partial charge in [-0.05, 0) is 36.8 Å². The molecule has 1 amide bonds. The molecule has 3 aromatic heterocycles. The van der Waals surface area contributed by atoms with E-state index in [2.05, 4.69) is 15.5 Å². The summed E-state index contributed by atoms with van der Waals surface area (Å²) in [5.41, 5.74) is 2.44. The number of anilines is 1. The Labute approximate surface area is 214 Å². The molecule has 1 N–H and O–H groups in total. The van der Waals surface area contributed by atoms with Gasteiger partial charge in [0.15, 0.2) is 16.3 Å². The fourth-order valence-corrected chi connectivity index (χ4v) is 4.86. The molecule has 12 heteroatoms. The van der Waals surface area contributed by atoms with Crippen LogP contribution in [0.3, 0.4) is 0 Å². The van der Waals surface area contributed by atoms with Crippen molar-refractivity contribution in [1.29, 1.82) is 0 Å². The molecule has 5 rings (SSSR count). The maximum absolute atomic E-state index is 13.2. The Bertz CT molecular complexity index is 1730. The van der Waals surface area contributed by atoms with Crippen LogP contribution >= 0.6 is 23.4 Å². The largest absolute Gasteiger partial charge is 0.332 e. The zero-order valence-electron chi connectivity index (χ0n) is 19.7. The van der Waals surface area contributed by atoms with Crippen LogP contribution in [-0.2, 0) is 25.4 Å². The van der Waals surface area contributed by atoms with Gasteiger partial charge >= 0.3 is 5.69 Å². The molecule has 36 heavy (non-hydrogen) atoms. The van der Waals surface area contributed by atoms with E-state index in [1.165, 1.54) is 23.4 Å². The molecule has 0 aliphatic heterocycles. The highest BCUT2D eigenvalue weighted by Gasteiger charge is 2.24. The standard InChI is InChI=1S/C24H22ClN7O3S/c1-14-4-10-17(11-5-14)26-18(33)13-36-23-28-27-22-31(12-15-6-8-16(25)9-7-15)19-20(32(22)23)29(2)24(35)30(3)21(19)34/h4-11H,12-13H2,1-3H3,(H,26,33). The Morgan fingerprint density at radius 3 is 2.39 bits per heavy atom. The van der Waals surface area contributed by atoms with Crippen LogP contribution in [0.2, 0.25) is 5.02 Å². The maximum atomic E-state index is 13.2. The monoisotopic (exact) mass is 523 g/mol. The Kier molecular flexibility index (Phi) is 6.19. The van der Waals surface area contributed by atoms with Gasteiger partial charge in [-0.15, -0.1) is 10.2 Å². The Hall–Kier alpha value is -3.83. The quantitative estimate of drug-likeness (QED) is 0.343. The second-order valence-corrected chi connectivity index (χ2v) is 9.79. The van der Waals surface area contributed by atoms with Crippen molar-refractivity contribution in [3.8, 4) is 0 Å². The fourth-order valence-electron chi connectivity index (χ4n) is 4.01. The zero-order chi connectivity index (χ0) is 25.6. The predicted octanol–water partition coefficient (Wildman–Crippen LogP) is 2.82. The molecule has 0 saturated carbocycles. The van der Waals surface area contributed by atoms with Gasteiger partial charge in [0.1, 0.15) is 0 Å². The third-order valence-electron chi connectivity index (χ3n) is 5.87. The van der Waals surface area contributed by atoms with E-state index in [-0.39, 0.29) is 11.7 Å². The Morgan fingerprint density at radius 2 is 1.69 bits per heavy atom. The second-order valence-electron chi connectivity index (χ2n) is 8.41. The molecule has 0 radical (unpaired) electrons. The Morgan fingerprint density at radius 1 is 1.00 bits per heavy atom. The van der Waals surface area contributed by atoms with Gasteiger partial charge in [-0.2, -0.15) is 0 Å². The van der Waals surface area contributed by atoms with Crippen molar-refractivity contribution in [3.05, 3.63) is 85.5 Å². The molecule has 5 aromatic rings. The Balaban J connectivity index is 1.56. The predicted molar refractivity (Wildman–Crippen MR) is 140 cm³/mol. The van der Waals surface area contributed by atoms with Gasteiger partial charge in [0.2, 0.25) is 11.7 Å². The minimum Gasteiger partial charge on any atom is -0.325 e. The lowest BCUT2D eigenvalue weighted by Crippen LogP contribution is -2.37. The number of aryl methyl sites for hydroxylation is 2. The molecule has 0 aliphatic carbocycles. The van der Waals surface area contributed by atoms with Crippen LogP contribution in [-0.4, -0.2) is 40.0 Å². The van der Waals surface area contributed by atoms with Gasteiger partial charge in [-0.3, -0.25) is 23.3 Å². The fraction of sp³-hybridized carbons (Fsp3) is 0.208. The number of aromatic nitrogens is 6. The minimum absolute atomic E-state index is 0.0668. The highest BCUT2D eigenvalue weighted by molar-refractivity contribution is 7.99. The van der Waals surface area contributed by atoms with Crippen LogP contribution in [0.5, 0.6) is 0 Å². The summed E-state index contributed by atoms with van der Waals surface area (Å²) in [5.74, 6) is 0.243. The lowest BCUT2D eigenvalue weighted by Gasteiger charge is -2.08. The maximum Gasteiger partial charge on any atom is 0.332 e. The van der Waals surface area contributed by atoms with Crippen molar-refractivity contribution in [3.63, 3.8) is 0 Å². The zero-order valence-corrected chi connectivity index (χ0v) is 21.3. The number of nitrogens with one attached hydrogen (secondary N) is 1. The average molecular weight is 524 g/mol. The molecule has 0 spiro atoms. The number of halogens is 1. The summed E-state index contributed by atoms with van der Waals surface area (Å²) in [7, 11) is 3.03. The van der Waals surface area contributed by atoms with Gasteiger partial charge in [-0.25, -0.2) is 9.20 Å². The van der Waals surface area contributed by atoms with Crippen LogP contribution in [0, 0.1) is 6.92 Å². The van der Waals surface area contributed by atoms with E-state index < -0.39 is 11.2 Å². The third kappa shape index (κ3) is 4.20. The van der Waals surface area contributed by atoms with Crippen molar-refractivity contribution in [2.45, 2.75) is 18.6 Å². The molecule has 0 saturated heterocycles. The number of benzene rings is 2. The molecular weight excluding hydrogens is 502 g/mol. The number of fused-ring (bicyclic) bond motifs is 3. The average Bonchev–Trinajstić information content (AvgIpc) is 3.41. The van der Waals surface area contributed by atoms with E-state index in [0.29, 0.717) is 39.4 Å². The molecule has 10 nitrogen and oxygen atoms in total. The van der Waals surface area contributed by atoms with Gasteiger partial charge in [0.25, 0.3) is 5.56 Å². The summed E-state index contributed by atoms with van der Waals surface area (Å²) >= 11 is 7.20. The van der Waals surface area contributed by atoms with Crippen LogP contribution in [0.15, 0.2) is 63.3 Å². The van der Waals surface area contributed by atoms with Crippen molar-refractivity contribution in [2.75, 3.05) is 11.1 Å². The molecule has 184 valence electrons. The van der Waals surface area contributed by atoms with Crippen LogP contribution in [0.25, 0.3) is 16.9 Å². The number of imidazole rings is 1. The first-order chi connectivity index (χ1) is 17.2. The van der Waals surface area contributed by atoms with Crippen molar-refractivity contribution in [1.82, 2.24) is 28.3 Å². The van der Waals surface area contributed by atoms with Gasteiger partial charge < -0.3 is 5.32 Å². The molecule has 0 aliphatic rings. The van der Waals surface area contributed by atoms with E-state index in [1.807, 2.05) is 43.3 Å². The van der Waals surface area contributed by atoms with Gasteiger partial charge in [-0.1, -0.05) is 53.2 Å². The first-order valence-corrected chi connectivity index (χ1v) is 12.4. The number of carbonyl (C=O) groups is 1. The number of hydrogen-bond acceptors (Lipinski definition) is 6. The third-order valence-corrected chi connectivity index (χ3v) is 7.05. The normalized spacial score (nSPS) is 11.4. The molecule has 0 bridgehead atoms. The van der Waals surface area contributed by atoms with Gasteiger partial charge in [0.05, 0.1) is 12.3 Å². The van der Waals surface area contributed by atoms with Crippen molar-refractivity contribution < 1.29 is 4.79 Å². The van der Waals surface area contributed by atoms with Gasteiger partial charge in [0, 0.05) is 24.8 Å². The summed E-state index contributed by atoms with van der Waals surface area (Å²) in [5, 5.41) is 12.4. The molecule has 0 unspecified atom stereocenters. The lowest BCUT2D eigenvalue weighted by atomic mass is 10.2. The number of thioether (sulfide) groups is 1. The molecule has 2 aromatic carbocycles. The molecule has 3 heterocycles. The summed E-state index contributed by atoms with van der Waals surface area (Å²) in [6.45, 7) is 2.29. The SMILES string of the molecule is Cc1ccc(NC(=O)CSc2nnc3n(Cc4ccc(Cl)cc4)c4c(=O)n(C)c(=O)n(C)c4n23)cc1. The van der Waals surface area contributed by atoms with E-state index >= 15 is 0 Å². The first-order valence-electron chi connectivity index (χ1n) is 11.0. The second kappa shape index (κ2) is 9.32. The van der Waals surface area contributed by atoms with Crippen molar-refractivity contribution in [2.24, 2.45) is 14.1 Å². The van der Waals surface area contributed by atoms with Crippen LogP contribution < -0.4 is 16.6 Å². The lowest BCUT2D eigenvalue weighted by molar-refractivity contribution is -0.113. The topological polar surface area (TPSA) is 108 Å².